The quantitative estimate of drug-likeness (QED) is 0.585. The first kappa shape index (κ1) is 12.8. The molecule has 0 spiro atoms. The molecule has 1 aromatic carbocycles. The number of aryl methyl sites for hydroxylation is 1. The van der Waals surface area contributed by atoms with Gasteiger partial charge in [-0.25, -0.2) is 10.4 Å². The molecule has 1 aromatic heterocycles. The number of anilines is 1. The van der Waals surface area contributed by atoms with Crippen molar-refractivity contribution in [2.45, 2.75) is 13.0 Å². The lowest BCUT2D eigenvalue weighted by atomic mass is 9.99. The van der Waals surface area contributed by atoms with Gasteiger partial charge in [-0.15, -0.1) is 0 Å². The average Bonchev–Trinajstić information content (AvgIpc) is 2.37. The van der Waals surface area contributed by atoms with Crippen LogP contribution in [0.15, 0.2) is 36.5 Å². The lowest BCUT2D eigenvalue weighted by Crippen LogP contribution is -2.29. The molecule has 0 saturated carbocycles. The van der Waals surface area contributed by atoms with Crippen LogP contribution in [0.25, 0.3) is 0 Å². The van der Waals surface area contributed by atoms with E-state index in [2.05, 4.69) is 10.4 Å². The molecule has 2 rings (SSSR count). The minimum absolute atomic E-state index is 0.199. The summed E-state index contributed by atoms with van der Waals surface area (Å²) in [6, 6.07) is 9.24. The van der Waals surface area contributed by atoms with E-state index in [1.165, 1.54) is 0 Å². The lowest BCUT2D eigenvalue weighted by molar-refractivity contribution is 0.636. The van der Waals surface area contributed by atoms with Crippen LogP contribution in [0, 0.1) is 6.92 Å². The highest BCUT2D eigenvalue weighted by atomic mass is 35.5. The standard InChI is InChI=1S/C13H15ClN4/c1-8-6-11(13(15)17-7-8)12(18-16)9-2-4-10(14)5-3-9/h2-7,12,18H,16H2,1H3,(H2,15,17). The number of benzene rings is 1. The van der Waals surface area contributed by atoms with Crippen molar-refractivity contribution in [2.75, 3.05) is 5.73 Å². The zero-order valence-corrected chi connectivity index (χ0v) is 10.8. The Morgan fingerprint density at radius 3 is 2.56 bits per heavy atom. The number of hydrazine groups is 1. The van der Waals surface area contributed by atoms with Crippen molar-refractivity contribution in [3.8, 4) is 0 Å². The number of hydrogen-bond acceptors (Lipinski definition) is 4. The zero-order valence-electron chi connectivity index (χ0n) is 10.0. The van der Waals surface area contributed by atoms with Crippen molar-refractivity contribution >= 4 is 17.4 Å². The van der Waals surface area contributed by atoms with Crippen LogP contribution >= 0.6 is 11.6 Å². The molecular weight excluding hydrogens is 248 g/mol. The summed E-state index contributed by atoms with van der Waals surface area (Å²) in [7, 11) is 0. The fraction of sp³-hybridized carbons (Fsp3) is 0.154. The number of hydrogen-bond donors (Lipinski definition) is 3. The average molecular weight is 263 g/mol. The largest absolute Gasteiger partial charge is 0.383 e. The van der Waals surface area contributed by atoms with E-state index in [1.807, 2.05) is 37.3 Å². The van der Waals surface area contributed by atoms with Crippen LogP contribution in [0.4, 0.5) is 5.82 Å². The Morgan fingerprint density at radius 2 is 1.94 bits per heavy atom. The van der Waals surface area contributed by atoms with Crippen molar-refractivity contribution in [1.29, 1.82) is 0 Å². The summed E-state index contributed by atoms with van der Waals surface area (Å²) >= 11 is 5.87. The molecule has 0 aliphatic rings. The summed E-state index contributed by atoms with van der Waals surface area (Å²) in [5.74, 6) is 6.10. The Kier molecular flexibility index (Phi) is 3.81. The number of pyridine rings is 1. The molecule has 18 heavy (non-hydrogen) atoms. The molecule has 2 aromatic rings. The van der Waals surface area contributed by atoms with Gasteiger partial charge in [0.15, 0.2) is 0 Å². The van der Waals surface area contributed by atoms with Gasteiger partial charge in [-0.1, -0.05) is 23.7 Å². The number of aromatic nitrogens is 1. The maximum atomic E-state index is 5.90. The number of halogens is 1. The maximum absolute atomic E-state index is 5.90. The van der Waals surface area contributed by atoms with E-state index >= 15 is 0 Å². The summed E-state index contributed by atoms with van der Waals surface area (Å²) < 4.78 is 0. The molecule has 1 atom stereocenters. The molecule has 4 nitrogen and oxygen atoms in total. The fourth-order valence-corrected chi connectivity index (χ4v) is 1.98. The highest BCUT2D eigenvalue weighted by Gasteiger charge is 2.16. The van der Waals surface area contributed by atoms with Gasteiger partial charge in [0.1, 0.15) is 5.82 Å². The van der Waals surface area contributed by atoms with Crippen LogP contribution in [0.2, 0.25) is 5.02 Å². The van der Waals surface area contributed by atoms with Gasteiger partial charge in [-0.05, 0) is 36.2 Å². The summed E-state index contributed by atoms with van der Waals surface area (Å²) in [5, 5.41) is 0.685. The van der Waals surface area contributed by atoms with Gasteiger partial charge in [0, 0.05) is 16.8 Å². The van der Waals surface area contributed by atoms with Gasteiger partial charge < -0.3 is 5.73 Å². The third-order valence-corrected chi connectivity index (χ3v) is 3.02. The molecule has 1 heterocycles. The Morgan fingerprint density at radius 1 is 1.28 bits per heavy atom. The van der Waals surface area contributed by atoms with Crippen LogP contribution in [-0.2, 0) is 0 Å². The minimum Gasteiger partial charge on any atom is -0.383 e. The molecule has 0 bridgehead atoms. The second kappa shape index (κ2) is 5.35. The third kappa shape index (κ3) is 2.61. The van der Waals surface area contributed by atoms with E-state index < -0.39 is 0 Å². The minimum atomic E-state index is -0.199. The number of nitrogens with zero attached hydrogens (tertiary/aromatic N) is 1. The molecule has 1 unspecified atom stereocenters. The van der Waals surface area contributed by atoms with Gasteiger partial charge in [0.25, 0.3) is 0 Å². The van der Waals surface area contributed by atoms with E-state index in [4.69, 9.17) is 23.2 Å². The maximum Gasteiger partial charge on any atom is 0.128 e. The molecule has 0 saturated heterocycles. The highest BCUT2D eigenvalue weighted by Crippen LogP contribution is 2.26. The van der Waals surface area contributed by atoms with Crippen LogP contribution in [0.3, 0.4) is 0 Å². The predicted molar refractivity (Wildman–Crippen MR) is 74.0 cm³/mol. The molecule has 0 radical (unpaired) electrons. The molecule has 0 amide bonds. The topological polar surface area (TPSA) is 77.0 Å². The van der Waals surface area contributed by atoms with E-state index in [-0.39, 0.29) is 6.04 Å². The van der Waals surface area contributed by atoms with Crippen molar-refractivity contribution in [3.63, 3.8) is 0 Å². The van der Waals surface area contributed by atoms with E-state index in [1.54, 1.807) is 6.20 Å². The zero-order chi connectivity index (χ0) is 13.1. The van der Waals surface area contributed by atoms with E-state index in [0.717, 1.165) is 16.7 Å². The van der Waals surface area contributed by atoms with E-state index in [9.17, 15) is 0 Å². The molecule has 5 N–H and O–H groups in total. The molecule has 0 aliphatic heterocycles. The van der Waals surface area contributed by atoms with Gasteiger partial charge in [-0.3, -0.25) is 5.84 Å². The number of nitrogens with two attached hydrogens (primary N) is 2. The Labute approximate surface area is 111 Å². The van der Waals surface area contributed by atoms with Crippen molar-refractivity contribution in [3.05, 3.63) is 58.2 Å². The molecule has 0 fully saturated rings. The van der Waals surface area contributed by atoms with Gasteiger partial charge in [0.2, 0.25) is 0 Å². The molecular formula is C13H15ClN4. The van der Waals surface area contributed by atoms with Crippen LogP contribution in [0.1, 0.15) is 22.7 Å². The van der Waals surface area contributed by atoms with Gasteiger partial charge in [-0.2, -0.15) is 0 Å². The smallest absolute Gasteiger partial charge is 0.128 e. The van der Waals surface area contributed by atoms with Crippen molar-refractivity contribution in [1.82, 2.24) is 10.4 Å². The Balaban J connectivity index is 2.44. The summed E-state index contributed by atoms with van der Waals surface area (Å²) in [5.41, 5.74) is 11.5. The van der Waals surface area contributed by atoms with Crippen molar-refractivity contribution in [2.24, 2.45) is 5.84 Å². The summed E-state index contributed by atoms with van der Waals surface area (Å²) in [4.78, 5) is 4.15. The van der Waals surface area contributed by atoms with Crippen molar-refractivity contribution < 1.29 is 0 Å². The molecule has 0 aliphatic carbocycles. The number of nitrogen functional groups attached to an aromatic ring is 1. The highest BCUT2D eigenvalue weighted by molar-refractivity contribution is 6.30. The normalized spacial score (nSPS) is 12.4. The predicted octanol–water partition coefficient (Wildman–Crippen LogP) is 2.18. The van der Waals surface area contributed by atoms with Crippen LogP contribution < -0.4 is 17.0 Å². The first-order valence-electron chi connectivity index (χ1n) is 5.55. The third-order valence-electron chi connectivity index (χ3n) is 2.77. The Hall–Kier alpha value is -1.62. The first-order chi connectivity index (χ1) is 8.61. The number of nitrogens with one attached hydrogen (secondary N) is 1. The lowest BCUT2D eigenvalue weighted by Gasteiger charge is -2.18. The molecule has 94 valence electrons. The van der Waals surface area contributed by atoms with Gasteiger partial charge in [0.05, 0.1) is 6.04 Å². The number of rotatable bonds is 3. The fourth-order valence-electron chi connectivity index (χ4n) is 1.85. The van der Waals surface area contributed by atoms with Crippen LogP contribution in [0.5, 0.6) is 0 Å². The SMILES string of the molecule is Cc1cnc(N)c(C(NN)c2ccc(Cl)cc2)c1. The Bertz CT molecular complexity index is 539. The van der Waals surface area contributed by atoms with Crippen LogP contribution in [-0.4, -0.2) is 4.98 Å². The first-order valence-corrected chi connectivity index (χ1v) is 5.93. The summed E-state index contributed by atoms with van der Waals surface area (Å²) in [6.45, 7) is 1.96. The van der Waals surface area contributed by atoms with Gasteiger partial charge >= 0.3 is 0 Å². The van der Waals surface area contributed by atoms with E-state index in [0.29, 0.717) is 10.8 Å². The summed E-state index contributed by atoms with van der Waals surface area (Å²) in [6.07, 6.45) is 1.73. The second-order valence-electron chi connectivity index (χ2n) is 4.14. The monoisotopic (exact) mass is 262 g/mol. The second-order valence-corrected chi connectivity index (χ2v) is 4.57. The molecule has 5 heteroatoms.